The standard InChI is InChI=1S/C29H38N2O6/c1-3-4-5-6-7-14-19-26(27(33)20-23(2)32)31(29(35)37-22-25-17-12-9-13-18-25)30-28(34)36-21-24-15-10-8-11-16-24/h7-18,26-27,33H,3-6,19-22H2,1-2H3,(H,30,34)/b14-7+/t26-,27+/m0/s1. The molecule has 8 nitrogen and oxygen atoms in total. The molecule has 0 aliphatic rings. The highest BCUT2D eigenvalue weighted by Gasteiger charge is 2.33. The van der Waals surface area contributed by atoms with Gasteiger partial charge in [-0.3, -0.25) is 4.79 Å². The van der Waals surface area contributed by atoms with Gasteiger partial charge in [-0.05, 0) is 37.3 Å². The lowest BCUT2D eigenvalue weighted by Crippen LogP contribution is -2.56. The van der Waals surface area contributed by atoms with Crippen LogP contribution in [-0.4, -0.2) is 40.2 Å². The minimum atomic E-state index is -1.23. The summed E-state index contributed by atoms with van der Waals surface area (Å²) in [6.45, 7) is 3.46. The van der Waals surface area contributed by atoms with Gasteiger partial charge in [0, 0.05) is 6.42 Å². The number of hydrazine groups is 1. The van der Waals surface area contributed by atoms with Crippen molar-refractivity contribution in [2.75, 3.05) is 0 Å². The Hall–Kier alpha value is -3.65. The van der Waals surface area contributed by atoms with Crippen LogP contribution in [0.4, 0.5) is 9.59 Å². The topological polar surface area (TPSA) is 105 Å². The minimum absolute atomic E-state index is 0.00241. The van der Waals surface area contributed by atoms with Gasteiger partial charge in [-0.25, -0.2) is 20.0 Å². The summed E-state index contributed by atoms with van der Waals surface area (Å²) in [6.07, 6.45) is 4.96. The SMILES string of the molecule is CCCCC/C=C/C[C@@H]([C@H](O)CC(C)=O)N(NC(=O)OCc1ccccc1)C(=O)OCc1ccccc1. The third-order valence-corrected chi connectivity index (χ3v) is 5.62. The maximum atomic E-state index is 13.1. The number of benzene rings is 2. The number of ketones is 1. The van der Waals surface area contributed by atoms with Crippen molar-refractivity contribution < 1.29 is 29.0 Å². The van der Waals surface area contributed by atoms with Crippen LogP contribution in [0.1, 0.15) is 63.5 Å². The largest absolute Gasteiger partial charge is 0.443 e. The highest BCUT2D eigenvalue weighted by molar-refractivity contribution is 5.77. The predicted molar refractivity (Wildman–Crippen MR) is 141 cm³/mol. The first kappa shape index (κ1) is 29.6. The van der Waals surface area contributed by atoms with Crippen molar-refractivity contribution in [2.45, 2.75) is 77.7 Å². The summed E-state index contributed by atoms with van der Waals surface area (Å²) >= 11 is 0. The lowest BCUT2D eigenvalue weighted by Gasteiger charge is -2.33. The summed E-state index contributed by atoms with van der Waals surface area (Å²) in [6, 6.07) is 17.3. The van der Waals surface area contributed by atoms with Gasteiger partial charge in [0.25, 0.3) is 0 Å². The molecule has 0 unspecified atom stereocenters. The highest BCUT2D eigenvalue weighted by atomic mass is 16.6. The van der Waals surface area contributed by atoms with Gasteiger partial charge in [0.1, 0.15) is 19.0 Å². The molecular formula is C29H38N2O6. The number of hydrogen-bond acceptors (Lipinski definition) is 6. The Morgan fingerprint density at radius 2 is 1.51 bits per heavy atom. The lowest BCUT2D eigenvalue weighted by molar-refractivity contribution is -0.120. The molecule has 2 aromatic carbocycles. The zero-order chi connectivity index (χ0) is 26.9. The van der Waals surface area contributed by atoms with Crippen LogP contribution in [0.2, 0.25) is 0 Å². The second-order valence-corrected chi connectivity index (χ2v) is 8.83. The number of rotatable bonds is 14. The zero-order valence-electron chi connectivity index (χ0n) is 21.7. The second kappa shape index (κ2) is 16.9. The highest BCUT2D eigenvalue weighted by Crippen LogP contribution is 2.16. The van der Waals surface area contributed by atoms with E-state index in [1.165, 1.54) is 6.92 Å². The number of nitrogens with zero attached hydrogens (tertiary/aromatic N) is 1. The van der Waals surface area contributed by atoms with Gasteiger partial charge in [0.15, 0.2) is 0 Å². The van der Waals surface area contributed by atoms with Gasteiger partial charge >= 0.3 is 12.2 Å². The number of amides is 2. The zero-order valence-corrected chi connectivity index (χ0v) is 21.7. The fourth-order valence-electron chi connectivity index (χ4n) is 3.64. The molecule has 0 fully saturated rings. The lowest BCUT2D eigenvalue weighted by atomic mass is 10.0. The van der Waals surface area contributed by atoms with Crippen molar-refractivity contribution >= 4 is 18.0 Å². The average Bonchev–Trinajstić information content (AvgIpc) is 2.90. The molecule has 8 heteroatoms. The fraction of sp³-hybridized carbons (Fsp3) is 0.414. The Morgan fingerprint density at radius 1 is 0.919 bits per heavy atom. The van der Waals surface area contributed by atoms with E-state index in [0.29, 0.717) is 0 Å². The van der Waals surface area contributed by atoms with Crippen molar-refractivity contribution in [3.05, 3.63) is 83.9 Å². The van der Waals surface area contributed by atoms with E-state index in [0.717, 1.165) is 41.8 Å². The van der Waals surface area contributed by atoms with E-state index in [1.807, 2.05) is 60.7 Å². The number of carbonyl (C=O) groups excluding carboxylic acids is 3. The normalized spacial score (nSPS) is 12.5. The van der Waals surface area contributed by atoms with Crippen LogP contribution < -0.4 is 5.43 Å². The van der Waals surface area contributed by atoms with E-state index in [2.05, 4.69) is 12.3 Å². The van der Waals surface area contributed by atoms with E-state index < -0.39 is 24.3 Å². The van der Waals surface area contributed by atoms with Crippen molar-refractivity contribution in [3.8, 4) is 0 Å². The Kier molecular flexibility index (Phi) is 13.5. The number of Topliss-reactive ketones (excluding diaryl/α,β-unsaturated/α-hetero) is 1. The van der Waals surface area contributed by atoms with Gasteiger partial charge < -0.3 is 14.6 Å². The van der Waals surface area contributed by atoms with E-state index >= 15 is 0 Å². The average molecular weight is 511 g/mol. The Labute approximate surface area is 219 Å². The fourth-order valence-corrected chi connectivity index (χ4v) is 3.64. The number of ether oxygens (including phenoxy) is 2. The molecule has 2 atom stereocenters. The second-order valence-electron chi connectivity index (χ2n) is 8.83. The van der Waals surface area contributed by atoms with Gasteiger partial charge in [-0.1, -0.05) is 92.6 Å². The molecule has 2 N–H and O–H groups in total. The minimum Gasteiger partial charge on any atom is -0.443 e. The summed E-state index contributed by atoms with van der Waals surface area (Å²) in [7, 11) is 0. The molecule has 0 aromatic heterocycles. The maximum Gasteiger partial charge on any atom is 0.429 e. The maximum absolute atomic E-state index is 13.1. The Balaban J connectivity index is 2.18. The smallest absolute Gasteiger partial charge is 0.429 e. The van der Waals surface area contributed by atoms with Crippen LogP contribution in [0.3, 0.4) is 0 Å². The number of aliphatic hydroxyl groups is 1. The molecule has 2 rings (SSSR count). The molecule has 200 valence electrons. The van der Waals surface area contributed by atoms with Gasteiger partial charge in [0.05, 0.1) is 12.1 Å². The van der Waals surface area contributed by atoms with Crippen LogP contribution >= 0.6 is 0 Å². The molecule has 0 saturated carbocycles. The summed E-state index contributed by atoms with van der Waals surface area (Å²) < 4.78 is 10.7. The number of aliphatic hydroxyl groups excluding tert-OH is 1. The number of nitrogens with one attached hydrogen (secondary N) is 1. The summed E-state index contributed by atoms with van der Waals surface area (Å²) in [4.78, 5) is 37.6. The molecule has 0 bridgehead atoms. The molecule has 2 amide bonds. The van der Waals surface area contributed by atoms with E-state index in [4.69, 9.17) is 9.47 Å². The molecule has 0 heterocycles. The predicted octanol–water partition coefficient (Wildman–Crippen LogP) is 5.70. The summed E-state index contributed by atoms with van der Waals surface area (Å²) in [5.74, 6) is -0.242. The third-order valence-electron chi connectivity index (χ3n) is 5.62. The summed E-state index contributed by atoms with van der Waals surface area (Å²) in [5, 5.41) is 11.8. The molecule has 0 aliphatic heterocycles. The molecule has 0 spiro atoms. The summed E-state index contributed by atoms with van der Waals surface area (Å²) in [5.41, 5.74) is 3.97. The number of allylic oxidation sites excluding steroid dienone is 1. The van der Waals surface area contributed by atoms with Crippen molar-refractivity contribution in [1.29, 1.82) is 0 Å². The van der Waals surface area contributed by atoms with Crippen LogP contribution in [0.25, 0.3) is 0 Å². The van der Waals surface area contributed by atoms with Crippen LogP contribution in [0.5, 0.6) is 0 Å². The molecule has 0 saturated heterocycles. The molecule has 37 heavy (non-hydrogen) atoms. The molecule has 2 aromatic rings. The number of carbonyl (C=O) groups is 3. The number of hydrogen-bond donors (Lipinski definition) is 2. The first-order valence-corrected chi connectivity index (χ1v) is 12.7. The first-order valence-electron chi connectivity index (χ1n) is 12.7. The monoisotopic (exact) mass is 510 g/mol. The van der Waals surface area contributed by atoms with Crippen molar-refractivity contribution in [1.82, 2.24) is 10.4 Å². The van der Waals surface area contributed by atoms with Crippen LogP contribution in [0, 0.1) is 0 Å². The molecular weight excluding hydrogens is 472 g/mol. The molecule has 0 radical (unpaired) electrons. The third kappa shape index (κ3) is 11.8. The van der Waals surface area contributed by atoms with Crippen LogP contribution in [-0.2, 0) is 27.5 Å². The van der Waals surface area contributed by atoms with Gasteiger partial charge in [-0.15, -0.1) is 0 Å². The van der Waals surface area contributed by atoms with Crippen LogP contribution in [0.15, 0.2) is 72.8 Å². The van der Waals surface area contributed by atoms with Crippen molar-refractivity contribution in [2.24, 2.45) is 0 Å². The number of unbranched alkanes of at least 4 members (excludes halogenated alkanes) is 3. The van der Waals surface area contributed by atoms with Gasteiger partial charge in [0.2, 0.25) is 0 Å². The van der Waals surface area contributed by atoms with Gasteiger partial charge in [-0.2, -0.15) is 0 Å². The Morgan fingerprint density at radius 3 is 2.08 bits per heavy atom. The van der Waals surface area contributed by atoms with E-state index in [1.54, 1.807) is 12.1 Å². The van der Waals surface area contributed by atoms with Crippen molar-refractivity contribution in [3.63, 3.8) is 0 Å². The van der Waals surface area contributed by atoms with E-state index in [-0.39, 0.29) is 31.8 Å². The quantitative estimate of drug-likeness (QED) is 0.192. The molecule has 0 aliphatic carbocycles. The Bertz CT molecular complexity index is 980. The first-order chi connectivity index (χ1) is 17.9. The van der Waals surface area contributed by atoms with E-state index in [9.17, 15) is 19.5 Å².